The molecule has 3 fully saturated rings. The monoisotopic (exact) mass is 421 g/mol. The number of imidazole rings is 1. The number of aryl methyl sites for hydroxylation is 1. The van der Waals surface area contributed by atoms with Crippen LogP contribution in [0.3, 0.4) is 0 Å². The van der Waals surface area contributed by atoms with Crippen molar-refractivity contribution in [3.8, 4) is 0 Å². The van der Waals surface area contributed by atoms with Gasteiger partial charge in [-0.1, -0.05) is 39.7 Å². The molecule has 0 saturated heterocycles. The molecule has 3 saturated carbocycles. The standard InChI is InChI=1S/C15H24N3.2C2H6N2.Co/c1-10-12-7-11(15(12,2)3)8-13(10)17-9-14-16-5-6-18(14)4;2*3-1-2-4;/h5-6,10-13H,7-9H2,1-4H3;2*3-4H,1-2H2;/q-1;2*-2;/t10-,11+,12-,13-;;;/m1.../s1. The summed E-state index contributed by atoms with van der Waals surface area (Å²) in [5.41, 5.74) is 25.6. The molecular weight excluding hydrogens is 385 g/mol. The van der Waals surface area contributed by atoms with E-state index in [1.807, 2.05) is 19.4 Å². The summed E-state index contributed by atoms with van der Waals surface area (Å²) in [6.07, 6.45) is 6.57. The molecule has 0 aromatic carbocycles. The van der Waals surface area contributed by atoms with Crippen molar-refractivity contribution in [2.45, 2.75) is 46.2 Å². The van der Waals surface area contributed by atoms with E-state index in [1.54, 1.807) is 0 Å². The van der Waals surface area contributed by atoms with E-state index in [0.717, 1.165) is 30.1 Å². The van der Waals surface area contributed by atoms with Crippen molar-refractivity contribution in [2.24, 2.45) is 30.2 Å². The van der Waals surface area contributed by atoms with Gasteiger partial charge in [0.1, 0.15) is 0 Å². The summed E-state index contributed by atoms with van der Waals surface area (Å²) in [6, 6.07) is 0.554. The van der Waals surface area contributed by atoms with Crippen LogP contribution in [0.2, 0.25) is 0 Å². The normalized spacial score (nSPS) is 27.1. The maximum atomic E-state index is 6.26. The molecule has 4 N–H and O–H groups in total. The predicted octanol–water partition coefficient (Wildman–Crippen LogP) is 5.54. The van der Waals surface area contributed by atoms with Crippen LogP contribution in [0.4, 0.5) is 0 Å². The molecule has 8 heteroatoms. The molecule has 4 atom stereocenters. The number of rotatable bonds is 5. The third-order valence-electron chi connectivity index (χ3n) is 5.95. The number of aromatic nitrogens is 2. The molecule has 1 aromatic heterocycles. The van der Waals surface area contributed by atoms with Gasteiger partial charge in [-0.15, -0.1) is 6.04 Å². The second kappa shape index (κ2) is 12.9. The number of nitrogens with zero attached hydrogens (tertiary/aromatic N) is 3. The zero-order chi connectivity index (χ0) is 19.7. The summed E-state index contributed by atoms with van der Waals surface area (Å²) in [5.74, 6) is 3.60. The SMILES string of the molecule is C[C@@H]1[C@H]2C[C@@H](C[C@H]1[N-]Cc1nccn1C)C2(C)C.[Co].[NH-]CC[NH-].[NH-]CC[NH-]. The van der Waals surface area contributed by atoms with Crippen molar-refractivity contribution in [3.05, 3.63) is 46.5 Å². The quantitative estimate of drug-likeness (QED) is 0.607. The fourth-order valence-electron chi connectivity index (χ4n) is 4.11. The molecule has 4 rings (SSSR count). The minimum Gasteiger partial charge on any atom is -0.679 e. The van der Waals surface area contributed by atoms with Crippen LogP contribution in [-0.2, 0) is 30.4 Å². The van der Waals surface area contributed by atoms with Crippen molar-refractivity contribution < 1.29 is 16.8 Å². The molecule has 0 amide bonds. The Balaban J connectivity index is 0.000000646. The molecule has 0 aliphatic heterocycles. The molecule has 0 unspecified atom stereocenters. The van der Waals surface area contributed by atoms with Crippen molar-refractivity contribution in [2.75, 3.05) is 26.2 Å². The largest absolute Gasteiger partial charge is 0.679 e. The number of hydrogen-bond donors (Lipinski definition) is 0. The number of nitrogens with one attached hydrogen (secondary N) is 4. The van der Waals surface area contributed by atoms with E-state index in [2.05, 4.69) is 30.3 Å². The average molecular weight is 421 g/mol. The first kappa shape index (κ1) is 26.5. The third-order valence-corrected chi connectivity index (χ3v) is 5.95. The summed E-state index contributed by atoms with van der Waals surface area (Å²) in [4.78, 5) is 4.35. The van der Waals surface area contributed by atoms with Gasteiger partial charge in [-0.25, -0.2) is 4.98 Å². The van der Waals surface area contributed by atoms with Gasteiger partial charge in [0.25, 0.3) is 0 Å². The smallest absolute Gasteiger partial charge is 0.0871 e. The molecule has 7 nitrogen and oxygen atoms in total. The van der Waals surface area contributed by atoms with Crippen molar-refractivity contribution >= 4 is 0 Å². The van der Waals surface area contributed by atoms with Gasteiger partial charge >= 0.3 is 0 Å². The Kier molecular flexibility index (Phi) is 12.6. The molecule has 27 heavy (non-hydrogen) atoms. The Morgan fingerprint density at radius 2 is 1.67 bits per heavy atom. The summed E-state index contributed by atoms with van der Waals surface area (Å²) in [5, 5.41) is 4.93. The van der Waals surface area contributed by atoms with Gasteiger partial charge in [0.05, 0.1) is 5.82 Å². The maximum absolute atomic E-state index is 6.26. The topological polar surface area (TPSA) is 127 Å². The van der Waals surface area contributed by atoms with Crippen molar-refractivity contribution in [1.29, 1.82) is 0 Å². The van der Waals surface area contributed by atoms with Gasteiger partial charge in [-0.2, -0.15) is 26.2 Å². The summed E-state index contributed by atoms with van der Waals surface area (Å²) in [7, 11) is 2.04. The van der Waals surface area contributed by atoms with Crippen molar-refractivity contribution in [3.63, 3.8) is 0 Å². The van der Waals surface area contributed by atoms with E-state index < -0.39 is 0 Å². The molecule has 1 radical (unpaired) electrons. The van der Waals surface area contributed by atoms with E-state index in [4.69, 9.17) is 28.3 Å². The maximum Gasteiger partial charge on any atom is 0.0871 e. The first-order valence-electron chi connectivity index (χ1n) is 9.54. The van der Waals surface area contributed by atoms with Crippen LogP contribution in [0.1, 0.15) is 39.4 Å². The molecular formula is C19H36CoN7-5. The van der Waals surface area contributed by atoms with E-state index in [1.165, 1.54) is 12.8 Å². The van der Waals surface area contributed by atoms with Gasteiger partial charge < -0.3 is 32.8 Å². The molecule has 3 aliphatic rings. The second-order valence-corrected chi connectivity index (χ2v) is 7.82. The predicted molar refractivity (Wildman–Crippen MR) is 110 cm³/mol. The Morgan fingerprint density at radius 1 is 1.11 bits per heavy atom. The van der Waals surface area contributed by atoms with Gasteiger partial charge in [0.2, 0.25) is 0 Å². The Hall–Kier alpha value is -0.484. The first-order valence-corrected chi connectivity index (χ1v) is 9.54. The third kappa shape index (κ3) is 7.12. The summed E-state index contributed by atoms with van der Waals surface area (Å²) < 4.78 is 2.07. The fraction of sp³-hybridized carbons (Fsp3) is 0.842. The number of fused-ring (bicyclic) bond motifs is 2. The minimum atomic E-state index is 0. The van der Waals surface area contributed by atoms with Gasteiger partial charge in [0, 0.05) is 36.2 Å². The Bertz CT molecular complexity index is 498. The molecule has 1 heterocycles. The average Bonchev–Trinajstić information content (AvgIpc) is 3.05. The molecule has 0 spiro atoms. The summed E-state index contributed by atoms with van der Waals surface area (Å²) >= 11 is 0. The van der Waals surface area contributed by atoms with Crippen LogP contribution in [0.25, 0.3) is 28.3 Å². The molecule has 3 aliphatic carbocycles. The van der Waals surface area contributed by atoms with Gasteiger partial charge in [-0.3, -0.25) is 0 Å². The molecule has 1 aromatic rings. The van der Waals surface area contributed by atoms with Crippen LogP contribution in [0.5, 0.6) is 0 Å². The van der Waals surface area contributed by atoms with E-state index in [-0.39, 0.29) is 43.0 Å². The zero-order valence-electron chi connectivity index (χ0n) is 17.1. The Labute approximate surface area is 175 Å². The van der Waals surface area contributed by atoms with E-state index in [9.17, 15) is 0 Å². The zero-order valence-corrected chi connectivity index (χ0v) is 18.1. The Morgan fingerprint density at radius 3 is 2.04 bits per heavy atom. The summed E-state index contributed by atoms with van der Waals surface area (Å²) in [6.45, 7) is 9.00. The fourth-order valence-corrected chi connectivity index (χ4v) is 4.11. The van der Waals surface area contributed by atoms with Crippen LogP contribution in [-0.4, -0.2) is 41.8 Å². The van der Waals surface area contributed by atoms with Crippen LogP contribution in [0.15, 0.2) is 12.4 Å². The van der Waals surface area contributed by atoms with Gasteiger partial charge in [0.15, 0.2) is 0 Å². The van der Waals surface area contributed by atoms with E-state index >= 15 is 0 Å². The molecule has 161 valence electrons. The van der Waals surface area contributed by atoms with Crippen LogP contribution >= 0.6 is 0 Å². The second-order valence-electron chi connectivity index (χ2n) is 7.82. The molecule has 2 bridgehead atoms. The van der Waals surface area contributed by atoms with Crippen LogP contribution < -0.4 is 0 Å². The number of hydrogen-bond acceptors (Lipinski definition) is 1. The van der Waals surface area contributed by atoms with Crippen molar-refractivity contribution in [1.82, 2.24) is 9.55 Å². The van der Waals surface area contributed by atoms with Gasteiger partial charge in [-0.05, 0) is 23.7 Å². The minimum absolute atomic E-state index is 0. The first-order chi connectivity index (χ1) is 12.3. The van der Waals surface area contributed by atoms with Crippen LogP contribution in [0, 0.1) is 23.2 Å². The van der Waals surface area contributed by atoms with E-state index in [0.29, 0.717) is 11.5 Å².